The maximum absolute atomic E-state index is 12.3. The minimum Gasteiger partial charge on any atom is -0.368 e. The second kappa shape index (κ2) is 6.61. The molecule has 0 aliphatic rings. The molecule has 1 heterocycles. The lowest BCUT2D eigenvalue weighted by Crippen LogP contribution is -2.37. The van der Waals surface area contributed by atoms with Crippen molar-refractivity contribution in [3.8, 4) is 6.07 Å². The Morgan fingerprint density at radius 2 is 2.00 bits per heavy atom. The van der Waals surface area contributed by atoms with Crippen LogP contribution in [-0.4, -0.2) is 24.3 Å². The topological polar surface area (TPSA) is 131 Å². The summed E-state index contributed by atoms with van der Waals surface area (Å²) in [6.07, 6.45) is 1.62. The van der Waals surface area contributed by atoms with E-state index in [1.165, 1.54) is 24.3 Å². The van der Waals surface area contributed by atoms with Crippen LogP contribution in [0.25, 0.3) is 0 Å². The lowest BCUT2D eigenvalue weighted by molar-refractivity contribution is 0.594. The summed E-state index contributed by atoms with van der Waals surface area (Å²) in [4.78, 5) is 18.1. The zero-order valence-corrected chi connectivity index (χ0v) is 14.9. The van der Waals surface area contributed by atoms with Crippen molar-refractivity contribution in [2.45, 2.75) is 9.92 Å². The van der Waals surface area contributed by atoms with Crippen molar-refractivity contribution in [2.24, 2.45) is 0 Å². The Labute approximate surface area is 144 Å². The molecule has 120 valence electrons. The number of nitrogens with two attached hydrogens (primary N) is 1. The van der Waals surface area contributed by atoms with Crippen molar-refractivity contribution in [1.29, 1.82) is 5.26 Å². The first-order valence-corrected chi connectivity index (χ1v) is 9.45. The summed E-state index contributed by atoms with van der Waals surface area (Å²) in [5.74, 6) is -0.362. The zero-order valence-electron chi connectivity index (χ0n) is 11.6. The third-order valence-electron chi connectivity index (χ3n) is 2.72. The first-order valence-electron chi connectivity index (χ1n) is 5.95. The number of nitriles is 1. The lowest BCUT2D eigenvalue weighted by atomic mass is 10.4. The van der Waals surface area contributed by atoms with Gasteiger partial charge in [0.25, 0.3) is 15.6 Å². The Balaban J connectivity index is 2.54. The number of benzene rings is 1. The Morgan fingerprint density at radius 1 is 1.39 bits per heavy atom. The third kappa shape index (κ3) is 3.49. The van der Waals surface area contributed by atoms with Crippen LogP contribution < -0.4 is 16.1 Å². The highest BCUT2D eigenvalue weighted by Gasteiger charge is 2.20. The highest BCUT2D eigenvalue weighted by atomic mass is 79.9. The molecule has 0 aliphatic carbocycles. The van der Waals surface area contributed by atoms with Crippen molar-refractivity contribution >= 4 is 43.7 Å². The molecule has 11 heteroatoms. The highest BCUT2D eigenvalue weighted by Crippen LogP contribution is 2.17. The molecule has 0 radical (unpaired) electrons. The van der Waals surface area contributed by atoms with E-state index >= 15 is 0 Å². The number of aromatic nitrogens is 2. The number of nitrogens with one attached hydrogen (secondary N) is 1. The molecule has 0 atom stereocenters. The van der Waals surface area contributed by atoms with Crippen molar-refractivity contribution in [2.75, 3.05) is 16.8 Å². The van der Waals surface area contributed by atoms with Crippen molar-refractivity contribution in [3.63, 3.8) is 0 Å². The predicted octanol–water partition coefficient (Wildman–Crippen LogP) is 1.11. The molecule has 2 rings (SSSR count). The summed E-state index contributed by atoms with van der Waals surface area (Å²) in [6, 6.07) is 7.48. The molecule has 8 nitrogen and oxygen atoms in total. The smallest absolute Gasteiger partial charge is 0.293 e. The van der Waals surface area contributed by atoms with Crippen LogP contribution in [-0.2, 0) is 10.0 Å². The van der Waals surface area contributed by atoms with Crippen molar-refractivity contribution in [3.05, 3.63) is 44.7 Å². The Morgan fingerprint density at radius 3 is 2.52 bits per heavy atom. The molecule has 0 aliphatic heterocycles. The summed E-state index contributed by atoms with van der Waals surface area (Å²) in [7, 11) is -4.06. The van der Waals surface area contributed by atoms with Gasteiger partial charge in [-0.3, -0.25) is 4.79 Å². The average Bonchev–Trinajstić information content (AvgIpc) is 2.51. The number of rotatable bonds is 4. The van der Waals surface area contributed by atoms with Crippen LogP contribution in [0.4, 0.5) is 5.95 Å². The van der Waals surface area contributed by atoms with Gasteiger partial charge in [0.1, 0.15) is 11.1 Å². The van der Waals surface area contributed by atoms with Gasteiger partial charge >= 0.3 is 0 Å². The molecule has 0 saturated carbocycles. The molecule has 1 aromatic heterocycles. The van der Waals surface area contributed by atoms with Crippen molar-refractivity contribution < 1.29 is 8.42 Å². The van der Waals surface area contributed by atoms with E-state index in [-0.39, 0.29) is 21.4 Å². The number of anilines is 1. The van der Waals surface area contributed by atoms with Gasteiger partial charge in [0, 0.05) is 4.47 Å². The second-order valence-electron chi connectivity index (χ2n) is 4.16. The molecule has 0 bridgehead atoms. The van der Waals surface area contributed by atoms with Gasteiger partial charge in [-0.1, -0.05) is 15.9 Å². The van der Waals surface area contributed by atoms with Gasteiger partial charge in [0.2, 0.25) is 5.95 Å². The fourth-order valence-electron chi connectivity index (χ4n) is 1.64. The largest absolute Gasteiger partial charge is 0.368 e. The Hall–Kier alpha value is -2.03. The van der Waals surface area contributed by atoms with E-state index in [0.29, 0.717) is 9.15 Å². The number of hydrogen-bond donors (Lipinski definition) is 2. The fourth-order valence-corrected chi connectivity index (χ4v) is 3.44. The van der Waals surface area contributed by atoms with E-state index in [0.717, 1.165) is 11.8 Å². The second-order valence-corrected chi connectivity index (χ2v) is 7.53. The highest BCUT2D eigenvalue weighted by molar-refractivity contribution is 9.10. The van der Waals surface area contributed by atoms with Gasteiger partial charge in [-0.25, -0.2) is 9.82 Å². The van der Waals surface area contributed by atoms with Gasteiger partial charge < -0.3 is 5.73 Å². The number of nitrogens with zero attached hydrogens (tertiary/aromatic N) is 3. The Bertz CT molecular complexity index is 948. The maximum Gasteiger partial charge on any atom is 0.293 e. The first kappa shape index (κ1) is 17.3. The fraction of sp³-hybridized carbons (Fsp3) is 0.0833. The van der Waals surface area contributed by atoms with E-state index in [4.69, 9.17) is 11.0 Å². The molecule has 0 saturated heterocycles. The zero-order chi connectivity index (χ0) is 17.2. The summed E-state index contributed by atoms with van der Waals surface area (Å²) in [5, 5.41) is 9.19. The molecule has 23 heavy (non-hydrogen) atoms. The van der Waals surface area contributed by atoms with Crippen LogP contribution in [0.2, 0.25) is 0 Å². The summed E-state index contributed by atoms with van der Waals surface area (Å²) in [5.41, 5.74) is 4.45. The summed E-state index contributed by atoms with van der Waals surface area (Å²) in [6.45, 7) is 0. The molecule has 0 fully saturated rings. The molecule has 0 spiro atoms. The first-order chi connectivity index (χ1) is 10.8. The van der Waals surface area contributed by atoms with Gasteiger partial charge in [-0.05, 0) is 30.5 Å². The van der Waals surface area contributed by atoms with E-state index in [1.54, 1.807) is 12.3 Å². The molecular weight excluding hydrogens is 406 g/mol. The number of hydrogen-bond acceptors (Lipinski definition) is 7. The lowest BCUT2D eigenvalue weighted by Gasteiger charge is -2.13. The molecule has 0 unspecified atom stereocenters. The number of nitrogen functional groups attached to an aromatic ring is 1. The minimum absolute atomic E-state index is 0.0700. The van der Waals surface area contributed by atoms with Crippen LogP contribution in [0.15, 0.2) is 43.5 Å². The van der Waals surface area contributed by atoms with Gasteiger partial charge in [0.15, 0.2) is 5.56 Å². The number of sulfonamides is 1. The molecule has 0 amide bonds. The number of halogens is 1. The van der Waals surface area contributed by atoms with Crippen molar-refractivity contribution in [1.82, 2.24) is 9.66 Å². The standard InChI is InChI=1S/C12H10BrN5O3S2/c1-22-10-9(6-14)11(19)18(12(15)16-10)17-23(20,21)8-4-2-7(13)3-5-8/h2-5,17H,1H3,(H2,15,16). The number of thioether (sulfide) groups is 1. The van der Waals surface area contributed by atoms with Crippen LogP contribution in [0.3, 0.4) is 0 Å². The molecular formula is C12H10BrN5O3S2. The van der Waals surface area contributed by atoms with E-state index < -0.39 is 15.6 Å². The average molecular weight is 416 g/mol. The van der Waals surface area contributed by atoms with Gasteiger partial charge in [-0.15, -0.1) is 11.8 Å². The van der Waals surface area contributed by atoms with E-state index in [9.17, 15) is 13.2 Å². The van der Waals surface area contributed by atoms with Gasteiger partial charge in [0.05, 0.1) is 4.90 Å². The quantitative estimate of drug-likeness (QED) is 0.564. The van der Waals surface area contributed by atoms with Crippen LogP contribution in [0.1, 0.15) is 5.56 Å². The molecule has 3 N–H and O–H groups in total. The summed E-state index contributed by atoms with van der Waals surface area (Å²) < 4.78 is 25.9. The molecule has 2 aromatic rings. The van der Waals surface area contributed by atoms with Gasteiger partial charge in [-0.2, -0.15) is 18.4 Å². The normalized spacial score (nSPS) is 11.0. The summed E-state index contributed by atoms with van der Waals surface area (Å²) >= 11 is 4.26. The van der Waals surface area contributed by atoms with Crippen LogP contribution >= 0.6 is 27.7 Å². The van der Waals surface area contributed by atoms with E-state index in [2.05, 4.69) is 20.9 Å². The third-order valence-corrected chi connectivity index (χ3v) is 5.24. The van der Waals surface area contributed by atoms with E-state index in [1.807, 2.05) is 4.83 Å². The van der Waals surface area contributed by atoms with Crippen LogP contribution in [0, 0.1) is 11.3 Å². The van der Waals surface area contributed by atoms with Crippen LogP contribution in [0.5, 0.6) is 0 Å². The predicted molar refractivity (Wildman–Crippen MR) is 90.1 cm³/mol. The maximum atomic E-state index is 12.3. The molecule has 1 aromatic carbocycles. The SMILES string of the molecule is CSc1nc(N)n(NS(=O)(=O)c2ccc(Br)cc2)c(=O)c1C#N. The minimum atomic E-state index is -4.06. The Kier molecular flexibility index (Phi) is 4.98. The monoisotopic (exact) mass is 415 g/mol.